The molecule has 0 aromatic heterocycles. The molecule has 0 N–H and O–H groups in total. The van der Waals surface area contributed by atoms with Crippen LogP contribution in [-0.4, -0.2) is 14.7 Å². The first-order valence-corrected chi connectivity index (χ1v) is 10.6. The summed E-state index contributed by atoms with van der Waals surface area (Å²) in [6, 6.07) is 13.7. The molecule has 0 heterocycles. The van der Waals surface area contributed by atoms with Crippen LogP contribution in [0.5, 0.6) is 5.75 Å². The van der Waals surface area contributed by atoms with Crippen LogP contribution in [-0.2, 0) is 0 Å². The SMILES string of the molecule is CCCC[Si](C)(C)CCCCOc1cc[c]cc1. The lowest BCUT2D eigenvalue weighted by molar-refractivity contribution is 0.309. The molecule has 0 aliphatic heterocycles. The first-order chi connectivity index (χ1) is 8.64. The van der Waals surface area contributed by atoms with Gasteiger partial charge in [0.15, 0.2) is 0 Å². The largest absolute Gasteiger partial charge is 0.494 e. The average molecular weight is 263 g/mol. The van der Waals surface area contributed by atoms with E-state index in [1.54, 1.807) is 0 Å². The second-order valence-corrected chi connectivity index (χ2v) is 11.1. The third-order valence-corrected chi connectivity index (χ3v) is 6.83. The molecular formula is C16H27OSi. The van der Waals surface area contributed by atoms with Gasteiger partial charge in [-0.05, 0) is 24.6 Å². The molecule has 0 bridgehead atoms. The summed E-state index contributed by atoms with van der Waals surface area (Å²) in [5.74, 6) is 0.969. The van der Waals surface area contributed by atoms with E-state index in [4.69, 9.17) is 4.74 Å². The zero-order chi connectivity index (χ0) is 13.3. The summed E-state index contributed by atoms with van der Waals surface area (Å²) in [5, 5.41) is 0. The second-order valence-electron chi connectivity index (χ2n) is 5.81. The van der Waals surface area contributed by atoms with Crippen LogP contribution in [0.25, 0.3) is 0 Å². The van der Waals surface area contributed by atoms with Crippen molar-refractivity contribution in [1.29, 1.82) is 0 Å². The molecule has 1 aromatic rings. The molecule has 0 unspecified atom stereocenters. The minimum atomic E-state index is -0.914. The lowest BCUT2D eigenvalue weighted by atomic mass is 10.3. The first-order valence-electron chi connectivity index (χ1n) is 7.23. The molecule has 0 aliphatic rings. The highest BCUT2D eigenvalue weighted by atomic mass is 28.3. The van der Waals surface area contributed by atoms with Crippen LogP contribution in [0, 0.1) is 6.07 Å². The molecule has 0 saturated carbocycles. The van der Waals surface area contributed by atoms with Crippen LogP contribution < -0.4 is 4.74 Å². The van der Waals surface area contributed by atoms with E-state index in [1.165, 1.54) is 37.8 Å². The van der Waals surface area contributed by atoms with E-state index in [0.29, 0.717) is 0 Å². The Kier molecular flexibility index (Phi) is 7.10. The number of hydrogen-bond acceptors (Lipinski definition) is 1. The molecule has 0 amide bonds. The summed E-state index contributed by atoms with van der Waals surface area (Å²) in [7, 11) is -0.914. The molecule has 1 nitrogen and oxygen atoms in total. The van der Waals surface area contributed by atoms with Gasteiger partial charge in [0.2, 0.25) is 0 Å². The van der Waals surface area contributed by atoms with Gasteiger partial charge >= 0.3 is 0 Å². The monoisotopic (exact) mass is 263 g/mol. The Morgan fingerprint density at radius 1 is 1.06 bits per heavy atom. The lowest BCUT2D eigenvalue weighted by Crippen LogP contribution is -2.24. The molecule has 18 heavy (non-hydrogen) atoms. The first kappa shape index (κ1) is 15.3. The van der Waals surface area contributed by atoms with Crippen LogP contribution >= 0.6 is 0 Å². The molecule has 1 radical (unpaired) electrons. The molecule has 0 fully saturated rings. The Morgan fingerprint density at radius 2 is 1.72 bits per heavy atom. The van der Waals surface area contributed by atoms with Crippen LogP contribution in [0.3, 0.4) is 0 Å². The third kappa shape index (κ3) is 6.85. The highest BCUT2D eigenvalue weighted by Gasteiger charge is 2.18. The number of rotatable bonds is 9. The fraction of sp³-hybridized carbons (Fsp3) is 0.625. The van der Waals surface area contributed by atoms with Crippen molar-refractivity contribution in [2.45, 2.75) is 57.8 Å². The van der Waals surface area contributed by atoms with E-state index < -0.39 is 8.07 Å². The van der Waals surface area contributed by atoms with Crippen molar-refractivity contribution in [1.82, 2.24) is 0 Å². The van der Waals surface area contributed by atoms with E-state index in [9.17, 15) is 0 Å². The molecule has 0 spiro atoms. The van der Waals surface area contributed by atoms with E-state index in [-0.39, 0.29) is 0 Å². The lowest BCUT2D eigenvalue weighted by Gasteiger charge is -2.21. The van der Waals surface area contributed by atoms with E-state index >= 15 is 0 Å². The minimum absolute atomic E-state index is 0.849. The zero-order valence-corrected chi connectivity index (χ0v) is 13.2. The van der Waals surface area contributed by atoms with E-state index in [1.807, 2.05) is 24.3 Å². The average Bonchev–Trinajstić information content (AvgIpc) is 2.37. The van der Waals surface area contributed by atoms with Crippen LogP contribution in [0.15, 0.2) is 24.3 Å². The topological polar surface area (TPSA) is 9.23 Å². The van der Waals surface area contributed by atoms with Gasteiger partial charge in [-0.3, -0.25) is 0 Å². The maximum atomic E-state index is 5.70. The standard InChI is InChI=1S/C16H27OSi/c1-4-5-14-18(2,3)15-10-9-13-17-16-11-7-6-8-12-16/h7-8,11-12H,4-5,9-10,13-15H2,1-3H3. The third-order valence-electron chi connectivity index (χ3n) is 3.41. The van der Waals surface area contributed by atoms with Gasteiger partial charge in [0.25, 0.3) is 0 Å². The fourth-order valence-electron chi connectivity index (χ4n) is 2.14. The Balaban J connectivity index is 2.08. The highest BCUT2D eigenvalue weighted by Crippen LogP contribution is 2.21. The van der Waals surface area contributed by atoms with Crippen molar-refractivity contribution in [2.75, 3.05) is 6.61 Å². The Morgan fingerprint density at radius 3 is 2.39 bits per heavy atom. The van der Waals surface area contributed by atoms with E-state index in [0.717, 1.165) is 12.4 Å². The molecule has 1 aromatic carbocycles. The normalized spacial score (nSPS) is 11.5. The van der Waals surface area contributed by atoms with E-state index in [2.05, 4.69) is 26.1 Å². The van der Waals surface area contributed by atoms with Crippen molar-refractivity contribution in [3.63, 3.8) is 0 Å². The van der Waals surface area contributed by atoms with Crippen molar-refractivity contribution >= 4 is 8.07 Å². The number of hydrogen-bond donors (Lipinski definition) is 0. The summed E-state index contributed by atoms with van der Waals surface area (Å²) in [4.78, 5) is 0. The van der Waals surface area contributed by atoms with Gasteiger partial charge < -0.3 is 4.74 Å². The van der Waals surface area contributed by atoms with Crippen LogP contribution in [0.4, 0.5) is 0 Å². The number of benzene rings is 1. The summed E-state index contributed by atoms with van der Waals surface area (Å²) in [5.41, 5.74) is 0. The number of unbranched alkanes of at least 4 members (excludes halogenated alkanes) is 2. The quantitative estimate of drug-likeness (QED) is 0.442. The predicted molar refractivity (Wildman–Crippen MR) is 82.0 cm³/mol. The molecule has 2 heteroatoms. The Labute approximate surface area is 114 Å². The smallest absolute Gasteiger partial charge is 0.119 e. The summed E-state index contributed by atoms with van der Waals surface area (Å²) < 4.78 is 5.70. The van der Waals surface area contributed by atoms with Gasteiger partial charge in [-0.1, -0.05) is 63.5 Å². The van der Waals surface area contributed by atoms with Crippen molar-refractivity contribution in [2.24, 2.45) is 0 Å². The van der Waals surface area contributed by atoms with Crippen molar-refractivity contribution in [3.05, 3.63) is 30.3 Å². The fourth-order valence-corrected chi connectivity index (χ4v) is 4.91. The van der Waals surface area contributed by atoms with Gasteiger partial charge in [0, 0.05) is 8.07 Å². The summed E-state index contributed by atoms with van der Waals surface area (Å²) in [6.45, 7) is 8.19. The van der Waals surface area contributed by atoms with Crippen LogP contribution in [0.1, 0.15) is 32.6 Å². The van der Waals surface area contributed by atoms with Gasteiger partial charge in [0.1, 0.15) is 5.75 Å². The Bertz CT molecular complexity index is 308. The van der Waals surface area contributed by atoms with Crippen molar-refractivity contribution in [3.8, 4) is 5.75 Å². The Hall–Kier alpha value is -0.763. The van der Waals surface area contributed by atoms with Gasteiger partial charge in [-0.25, -0.2) is 0 Å². The summed E-state index contributed by atoms with van der Waals surface area (Å²) >= 11 is 0. The summed E-state index contributed by atoms with van der Waals surface area (Å²) in [6.07, 6.45) is 5.25. The van der Waals surface area contributed by atoms with Crippen molar-refractivity contribution < 1.29 is 4.74 Å². The predicted octanol–water partition coefficient (Wildman–Crippen LogP) is 5.15. The second kappa shape index (κ2) is 8.36. The molecular weight excluding hydrogens is 236 g/mol. The van der Waals surface area contributed by atoms with Gasteiger partial charge in [-0.15, -0.1) is 0 Å². The molecule has 0 atom stereocenters. The molecule has 0 saturated heterocycles. The van der Waals surface area contributed by atoms with Crippen LogP contribution in [0.2, 0.25) is 25.2 Å². The molecule has 1 rings (SSSR count). The molecule has 101 valence electrons. The maximum absolute atomic E-state index is 5.70. The number of ether oxygens (including phenoxy) is 1. The zero-order valence-electron chi connectivity index (χ0n) is 12.2. The minimum Gasteiger partial charge on any atom is -0.494 e. The van der Waals surface area contributed by atoms with Gasteiger partial charge in [0.05, 0.1) is 6.61 Å². The van der Waals surface area contributed by atoms with Gasteiger partial charge in [-0.2, -0.15) is 0 Å². The molecule has 0 aliphatic carbocycles. The maximum Gasteiger partial charge on any atom is 0.119 e. The highest BCUT2D eigenvalue weighted by molar-refractivity contribution is 6.77.